The van der Waals surface area contributed by atoms with Crippen molar-refractivity contribution in [3.05, 3.63) is 53.6 Å². The van der Waals surface area contributed by atoms with Gasteiger partial charge in [-0.15, -0.1) is 0 Å². The number of hydrogen-bond acceptors (Lipinski definition) is 10. The molecule has 0 unspecified atom stereocenters. The van der Waals surface area contributed by atoms with E-state index in [1.807, 2.05) is 6.07 Å². The predicted molar refractivity (Wildman–Crippen MR) is 149 cm³/mol. The predicted octanol–water partition coefficient (Wildman–Crippen LogP) is 1.08. The minimum absolute atomic E-state index is 0.0102. The van der Waals surface area contributed by atoms with E-state index in [1.165, 1.54) is 6.07 Å². The van der Waals surface area contributed by atoms with Gasteiger partial charge in [0.05, 0.1) is 12.1 Å². The molecule has 4 atom stereocenters. The summed E-state index contributed by atoms with van der Waals surface area (Å²) in [6.45, 7) is -0.159. The highest BCUT2D eigenvalue weighted by Crippen LogP contribution is 2.28. The molecule has 0 aromatic heterocycles. The Kier molecular flexibility index (Phi) is 15.1. The number of phenolic OH excluding ortho intramolecular Hbond substituents is 1. The maximum absolute atomic E-state index is 12.9. The summed E-state index contributed by atoms with van der Waals surface area (Å²) in [5, 5.41) is 48.6. The van der Waals surface area contributed by atoms with Crippen LogP contribution in [-0.4, -0.2) is 98.8 Å². The third-order valence-electron chi connectivity index (χ3n) is 5.98. The van der Waals surface area contributed by atoms with Crippen LogP contribution in [0.2, 0.25) is 0 Å². The molecular formula is C27H30F6N4O11. The molecule has 0 saturated carbocycles. The number of carboxylic acid groups (broad SMARTS) is 3. The number of carbonyl (C=O) groups excluding carboxylic acids is 2. The van der Waals surface area contributed by atoms with Crippen molar-refractivity contribution >= 4 is 29.9 Å². The number of halogens is 6. The number of carbonyl (C=O) groups is 5. The summed E-state index contributed by atoms with van der Waals surface area (Å²) < 4.78 is 68.3. The lowest BCUT2D eigenvalue weighted by molar-refractivity contribution is -0.193. The quantitative estimate of drug-likeness (QED) is 0.160. The van der Waals surface area contributed by atoms with E-state index in [0.29, 0.717) is 11.1 Å². The Balaban J connectivity index is 0.000000687. The van der Waals surface area contributed by atoms with E-state index in [4.69, 9.17) is 41.1 Å². The fraction of sp³-hybridized carbons (Fsp3) is 0.370. The molecule has 0 spiro atoms. The minimum atomic E-state index is -5.08. The standard InChI is InChI=1S/C23H28N4O7.2C2HF3O2/c24-11-16(28)10-18-22(31)27-20(34-23(32)33)7-12-2-1-3-13(6-12)14-4-5-19(29)15(8-14)9-17(25)21(30)26-18;2*3-2(4,5)1(6)7/h1-6,8,16-18,20,28-29H,7,9-11,24-25H2,(H,26,30)(H,27,31)(H,32,33);2*(H,6,7)/t16-,17+,18+,20+;;/m1../s1. The van der Waals surface area contributed by atoms with E-state index in [-0.39, 0.29) is 31.6 Å². The van der Waals surface area contributed by atoms with Gasteiger partial charge in [-0.3, -0.25) is 9.59 Å². The maximum Gasteiger partial charge on any atom is 0.507 e. The van der Waals surface area contributed by atoms with Gasteiger partial charge >= 0.3 is 30.4 Å². The lowest BCUT2D eigenvalue weighted by atomic mass is 9.97. The van der Waals surface area contributed by atoms with Crippen molar-refractivity contribution in [3.63, 3.8) is 0 Å². The molecule has 2 aromatic carbocycles. The van der Waals surface area contributed by atoms with Gasteiger partial charge in [0, 0.05) is 25.8 Å². The Morgan fingerprint density at radius 2 is 1.42 bits per heavy atom. The lowest BCUT2D eigenvalue weighted by Gasteiger charge is -2.25. The van der Waals surface area contributed by atoms with Gasteiger partial charge < -0.3 is 52.4 Å². The number of benzene rings is 2. The molecule has 1 aliphatic heterocycles. The van der Waals surface area contributed by atoms with Crippen LogP contribution in [0, 0.1) is 0 Å². The molecule has 11 N–H and O–H groups in total. The second-order valence-electron chi connectivity index (χ2n) is 9.73. The van der Waals surface area contributed by atoms with E-state index in [0.717, 1.165) is 11.1 Å². The van der Waals surface area contributed by atoms with Crippen LogP contribution in [0.1, 0.15) is 17.5 Å². The molecule has 0 radical (unpaired) electrons. The average molecular weight is 701 g/mol. The second-order valence-corrected chi connectivity index (χ2v) is 9.73. The number of carboxylic acids is 2. The van der Waals surface area contributed by atoms with Gasteiger partial charge in [0.2, 0.25) is 11.8 Å². The maximum atomic E-state index is 12.9. The normalized spacial score (nSPS) is 18.8. The molecule has 0 saturated heterocycles. The Labute approximate surface area is 266 Å². The summed E-state index contributed by atoms with van der Waals surface area (Å²) in [6, 6.07) is 9.71. The van der Waals surface area contributed by atoms with Crippen LogP contribution in [0.15, 0.2) is 42.5 Å². The smallest absolute Gasteiger partial charge is 0.507 e. The van der Waals surface area contributed by atoms with Crippen molar-refractivity contribution in [2.24, 2.45) is 11.5 Å². The first-order valence-corrected chi connectivity index (χ1v) is 13.2. The number of nitrogens with two attached hydrogens (primary N) is 2. The number of hydrogen-bond donors (Lipinski definition) is 9. The molecule has 4 bridgehead atoms. The van der Waals surface area contributed by atoms with Crippen molar-refractivity contribution in [1.29, 1.82) is 0 Å². The van der Waals surface area contributed by atoms with Crippen LogP contribution in [0.5, 0.6) is 5.75 Å². The SMILES string of the molecule is NC[C@H](O)C[C@@H]1NC(=O)[C@@H](N)Cc2cc(ccc2O)-c2cccc(c2)C[C@H](OC(=O)O)NC1=O.O=C(O)C(F)(F)F.O=C(O)C(F)(F)F. The number of aromatic hydroxyl groups is 1. The van der Waals surface area contributed by atoms with E-state index in [2.05, 4.69) is 10.6 Å². The molecule has 0 aliphatic carbocycles. The minimum Gasteiger partial charge on any atom is -0.508 e. The van der Waals surface area contributed by atoms with Gasteiger partial charge in [-0.2, -0.15) is 26.3 Å². The molecule has 1 aliphatic rings. The number of aliphatic hydroxyl groups is 1. The number of aliphatic carboxylic acids is 2. The highest BCUT2D eigenvalue weighted by atomic mass is 19.4. The number of alkyl halides is 6. The van der Waals surface area contributed by atoms with Gasteiger partial charge in [-0.25, -0.2) is 14.4 Å². The molecule has 266 valence electrons. The number of nitrogens with one attached hydrogen (secondary N) is 2. The molecule has 0 fully saturated rings. The van der Waals surface area contributed by atoms with Crippen LogP contribution in [0.25, 0.3) is 11.1 Å². The Morgan fingerprint density at radius 1 is 0.875 bits per heavy atom. The average Bonchev–Trinajstić information content (AvgIpc) is 2.96. The van der Waals surface area contributed by atoms with Crippen molar-refractivity contribution < 1.29 is 80.6 Å². The molecular weight excluding hydrogens is 670 g/mol. The zero-order valence-corrected chi connectivity index (χ0v) is 24.3. The monoisotopic (exact) mass is 700 g/mol. The fourth-order valence-electron chi connectivity index (χ4n) is 3.73. The van der Waals surface area contributed by atoms with Crippen molar-refractivity contribution in [3.8, 4) is 16.9 Å². The summed E-state index contributed by atoms with van der Waals surface area (Å²) in [5.41, 5.74) is 14.1. The molecule has 1 heterocycles. The van der Waals surface area contributed by atoms with Crippen molar-refractivity contribution in [2.45, 2.75) is 56.0 Å². The number of aliphatic hydroxyl groups excluding tert-OH is 1. The van der Waals surface area contributed by atoms with Gasteiger partial charge in [-0.1, -0.05) is 30.3 Å². The highest BCUT2D eigenvalue weighted by Gasteiger charge is 2.39. The van der Waals surface area contributed by atoms with Crippen LogP contribution < -0.4 is 22.1 Å². The zero-order chi connectivity index (χ0) is 37.0. The van der Waals surface area contributed by atoms with Crippen LogP contribution >= 0.6 is 0 Å². The summed E-state index contributed by atoms with van der Waals surface area (Å²) in [7, 11) is 0. The van der Waals surface area contributed by atoms with E-state index in [9.17, 15) is 50.9 Å². The Morgan fingerprint density at radius 3 is 1.92 bits per heavy atom. The van der Waals surface area contributed by atoms with Crippen LogP contribution in [0.4, 0.5) is 31.1 Å². The first-order chi connectivity index (χ1) is 22.0. The molecule has 48 heavy (non-hydrogen) atoms. The van der Waals surface area contributed by atoms with E-state index >= 15 is 0 Å². The first kappa shape index (κ1) is 40.9. The van der Waals surface area contributed by atoms with E-state index in [1.54, 1.807) is 30.3 Å². The fourth-order valence-corrected chi connectivity index (χ4v) is 3.73. The van der Waals surface area contributed by atoms with Crippen LogP contribution in [-0.2, 0) is 36.8 Å². The van der Waals surface area contributed by atoms with Crippen LogP contribution in [0.3, 0.4) is 0 Å². The van der Waals surface area contributed by atoms with Gasteiger partial charge in [0.25, 0.3) is 0 Å². The zero-order valence-electron chi connectivity index (χ0n) is 24.3. The van der Waals surface area contributed by atoms with Gasteiger partial charge in [0.15, 0.2) is 6.23 Å². The number of fused-ring (bicyclic) bond motifs is 5. The largest absolute Gasteiger partial charge is 0.508 e. The number of ether oxygens (including phenoxy) is 1. The number of phenols is 1. The lowest BCUT2D eigenvalue weighted by Crippen LogP contribution is -2.55. The molecule has 2 amide bonds. The Hall–Kier alpha value is -5.15. The molecule has 3 rings (SSSR count). The summed E-state index contributed by atoms with van der Waals surface area (Å²) in [4.78, 5) is 54.7. The summed E-state index contributed by atoms with van der Waals surface area (Å²) in [6.07, 6.45) is -14.3. The molecule has 15 nitrogen and oxygen atoms in total. The third-order valence-corrected chi connectivity index (χ3v) is 5.98. The molecule has 21 heteroatoms. The number of rotatable bonds is 4. The molecule has 2 aromatic rings. The van der Waals surface area contributed by atoms with E-state index < -0.39 is 66.7 Å². The summed E-state index contributed by atoms with van der Waals surface area (Å²) >= 11 is 0. The van der Waals surface area contributed by atoms with Crippen molar-refractivity contribution in [1.82, 2.24) is 10.6 Å². The first-order valence-electron chi connectivity index (χ1n) is 13.2. The Bertz CT molecular complexity index is 1430. The second kappa shape index (κ2) is 17.7. The van der Waals surface area contributed by atoms with Gasteiger partial charge in [-0.05, 0) is 34.4 Å². The number of amides is 2. The third kappa shape index (κ3) is 14.1. The topological polar surface area (TPSA) is 272 Å². The van der Waals surface area contributed by atoms with Gasteiger partial charge in [0.1, 0.15) is 11.8 Å². The van der Waals surface area contributed by atoms with Crippen molar-refractivity contribution in [2.75, 3.05) is 6.54 Å². The highest BCUT2D eigenvalue weighted by molar-refractivity contribution is 5.90. The summed E-state index contributed by atoms with van der Waals surface area (Å²) in [5.74, 6) is -7.01.